The van der Waals surface area contributed by atoms with Crippen LogP contribution in [0.3, 0.4) is 0 Å². The third-order valence-electron chi connectivity index (χ3n) is 4.65. The van der Waals surface area contributed by atoms with Crippen LogP contribution in [0, 0.1) is 6.92 Å². The van der Waals surface area contributed by atoms with E-state index in [9.17, 15) is 4.79 Å². The van der Waals surface area contributed by atoms with Crippen molar-refractivity contribution in [3.8, 4) is 0 Å². The molecule has 0 saturated carbocycles. The van der Waals surface area contributed by atoms with Crippen LogP contribution in [0.4, 0.5) is 0 Å². The molecule has 5 rings (SSSR count). The zero-order chi connectivity index (χ0) is 20.5. The molecule has 1 N–H and O–H groups in total. The number of nitrogens with one attached hydrogen (secondary N) is 1. The Hall–Kier alpha value is -3.10. The molecule has 0 atom stereocenters. The Balaban J connectivity index is 1.38. The van der Waals surface area contributed by atoms with E-state index in [0.717, 1.165) is 31.3 Å². The van der Waals surface area contributed by atoms with Crippen molar-refractivity contribution in [1.29, 1.82) is 0 Å². The molecule has 3 aromatic heterocycles. The molecule has 0 aliphatic carbocycles. The van der Waals surface area contributed by atoms with Gasteiger partial charge in [0.15, 0.2) is 10.1 Å². The van der Waals surface area contributed by atoms with Crippen molar-refractivity contribution in [2.45, 2.75) is 23.6 Å². The molecule has 0 unspecified atom stereocenters. The summed E-state index contributed by atoms with van der Waals surface area (Å²) in [6, 6.07) is 17.4. The van der Waals surface area contributed by atoms with Crippen LogP contribution in [-0.2, 0) is 12.3 Å². The Morgan fingerprint density at radius 2 is 1.87 bits per heavy atom. The number of rotatable bonds is 6. The van der Waals surface area contributed by atoms with E-state index < -0.39 is 0 Å². The van der Waals surface area contributed by atoms with Gasteiger partial charge in [-0.15, -0.1) is 10.2 Å². The molecule has 150 valence electrons. The number of nitrogens with zero attached hydrogens (tertiary/aromatic N) is 2. The molecule has 0 fully saturated rings. The lowest BCUT2D eigenvalue weighted by molar-refractivity contribution is 0.0921. The number of benzene rings is 2. The Bertz CT molecular complexity index is 1320. The van der Waals surface area contributed by atoms with Crippen molar-refractivity contribution in [2.75, 3.05) is 0 Å². The van der Waals surface area contributed by atoms with Gasteiger partial charge in [0.05, 0.1) is 6.54 Å². The second-order valence-electron chi connectivity index (χ2n) is 6.71. The number of aryl methyl sites for hydroxylation is 1. The summed E-state index contributed by atoms with van der Waals surface area (Å²) in [5, 5.41) is 14.0. The smallest absolute Gasteiger partial charge is 0.287 e. The summed E-state index contributed by atoms with van der Waals surface area (Å²) in [7, 11) is 0. The van der Waals surface area contributed by atoms with Gasteiger partial charge in [0.25, 0.3) is 5.91 Å². The molecule has 0 saturated heterocycles. The second-order valence-corrected chi connectivity index (χ2v) is 9.12. The molecule has 0 bridgehead atoms. The van der Waals surface area contributed by atoms with Gasteiger partial charge in [-0.05, 0) is 25.1 Å². The normalized spacial score (nSPS) is 11.4. The molecule has 8 heteroatoms. The minimum atomic E-state index is -0.268. The lowest BCUT2D eigenvalue weighted by Crippen LogP contribution is -2.23. The van der Waals surface area contributed by atoms with Crippen LogP contribution in [-0.4, -0.2) is 16.1 Å². The largest absolute Gasteiger partial charge is 0.459 e. The Labute approximate surface area is 180 Å². The van der Waals surface area contributed by atoms with E-state index in [0.29, 0.717) is 22.9 Å². The molecular formula is C22H17N3O3S2. The maximum absolute atomic E-state index is 13.0. The third kappa shape index (κ3) is 3.71. The molecule has 0 radical (unpaired) electrons. The Kier molecular flexibility index (Phi) is 5.02. The van der Waals surface area contributed by atoms with Gasteiger partial charge in [-0.1, -0.05) is 59.5 Å². The predicted octanol–water partition coefficient (Wildman–Crippen LogP) is 5.56. The molecule has 0 spiro atoms. The number of carbonyl (C=O) groups is 1. The zero-order valence-electron chi connectivity index (χ0n) is 16.0. The first-order chi connectivity index (χ1) is 14.7. The van der Waals surface area contributed by atoms with Gasteiger partial charge in [0.2, 0.25) is 0 Å². The van der Waals surface area contributed by atoms with Crippen LogP contribution in [0.2, 0.25) is 0 Å². The minimum absolute atomic E-state index is 0.268. The van der Waals surface area contributed by atoms with Gasteiger partial charge in [0.1, 0.15) is 21.9 Å². The van der Waals surface area contributed by atoms with Gasteiger partial charge in [0, 0.05) is 22.1 Å². The molecule has 0 aliphatic heterocycles. The fourth-order valence-electron chi connectivity index (χ4n) is 3.27. The fourth-order valence-corrected chi connectivity index (χ4v) is 5.11. The van der Waals surface area contributed by atoms with Gasteiger partial charge in [-0.25, -0.2) is 0 Å². The van der Waals surface area contributed by atoms with E-state index >= 15 is 0 Å². The summed E-state index contributed by atoms with van der Waals surface area (Å²) in [4.78, 5) is 13.0. The van der Waals surface area contributed by atoms with Crippen molar-refractivity contribution < 1.29 is 13.6 Å². The van der Waals surface area contributed by atoms with E-state index in [1.165, 1.54) is 11.3 Å². The Morgan fingerprint density at radius 3 is 2.67 bits per heavy atom. The molecule has 3 heterocycles. The van der Waals surface area contributed by atoms with E-state index in [2.05, 4.69) is 15.5 Å². The van der Waals surface area contributed by atoms with E-state index in [-0.39, 0.29) is 12.5 Å². The van der Waals surface area contributed by atoms with E-state index in [4.69, 9.17) is 8.83 Å². The number of carbonyl (C=O) groups excluding carboxylic acids is 1. The number of thioether (sulfide) groups is 1. The van der Waals surface area contributed by atoms with Gasteiger partial charge < -0.3 is 14.2 Å². The third-order valence-corrected chi connectivity index (χ3v) is 6.65. The van der Waals surface area contributed by atoms with Crippen LogP contribution in [0.5, 0.6) is 0 Å². The number of fused-ring (bicyclic) bond motifs is 2. The van der Waals surface area contributed by atoms with Gasteiger partial charge >= 0.3 is 0 Å². The molecule has 30 heavy (non-hydrogen) atoms. The maximum Gasteiger partial charge on any atom is 0.287 e. The Morgan fingerprint density at radius 1 is 1.07 bits per heavy atom. The van der Waals surface area contributed by atoms with E-state index in [1.54, 1.807) is 11.8 Å². The second kappa shape index (κ2) is 7.97. The molecule has 6 nitrogen and oxygen atoms in total. The summed E-state index contributed by atoms with van der Waals surface area (Å²) >= 11 is 3.09. The van der Waals surface area contributed by atoms with Crippen molar-refractivity contribution in [1.82, 2.24) is 15.5 Å². The first-order valence-corrected chi connectivity index (χ1v) is 11.2. The highest BCUT2D eigenvalue weighted by Crippen LogP contribution is 2.33. The van der Waals surface area contributed by atoms with Crippen LogP contribution < -0.4 is 5.32 Å². The van der Waals surface area contributed by atoms with Gasteiger partial charge in [-0.2, -0.15) is 0 Å². The van der Waals surface area contributed by atoms with Crippen LogP contribution >= 0.6 is 23.1 Å². The van der Waals surface area contributed by atoms with Crippen LogP contribution in [0.25, 0.3) is 21.9 Å². The molecule has 5 aromatic rings. The minimum Gasteiger partial charge on any atom is -0.459 e. The van der Waals surface area contributed by atoms with Crippen LogP contribution in [0.15, 0.2) is 67.8 Å². The summed E-state index contributed by atoms with van der Waals surface area (Å²) in [6.45, 7) is 2.21. The topological polar surface area (TPSA) is 81.2 Å². The highest BCUT2D eigenvalue weighted by molar-refractivity contribution is 8.00. The monoisotopic (exact) mass is 435 g/mol. The summed E-state index contributed by atoms with van der Waals surface area (Å²) in [5.74, 6) is 1.32. The number of hydrogen-bond donors (Lipinski definition) is 1. The average Bonchev–Trinajstić information content (AvgIpc) is 3.46. The average molecular weight is 436 g/mol. The molecule has 0 aliphatic rings. The summed E-state index contributed by atoms with van der Waals surface area (Å²) in [5.41, 5.74) is 2.34. The number of hydrogen-bond acceptors (Lipinski definition) is 7. The number of para-hydroxylation sites is 2. The van der Waals surface area contributed by atoms with Crippen molar-refractivity contribution in [3.63, 3.8) is 0 Å². The number of furan rings is 2. The molecule has 2 aromatic carbocycles. The predicted molar refractivity (Wildman–Crippen MR) is 118 cm³/mol. The van der Waals surface area contributed by atoms with Crippen molar-refractivity contribution in [3.05, 3.63) is 76.7 Å². The highest BCUT2D eigenvalue weighted by atomic mass is 32.2. The highest BCUT2D eigenvalue weighted by Gasteiger charge is 2.21. The number of aromatic nitrogens is 2. The lowest BCUT2D eigenvalue weighted by atomic mass is 10.1. The first-order valence-electron chi connectivity index (χ1n) is 9.36. The molecule has 1 amide bonds. The first kappa shape index (κ1) is 18.9. The number of amides is 1. The lowest BCUT2D eigenvalue weighted by Gasteiger charge is -2.03. The SMILES string of the molecule is Cc1nnc(SCc2c(C(=O)NCc3cc4ccccc4o3)oc3ccccc23)s1. The quantitative estimate of drug-likeness (QED) is 0.352. The summed E-state index contributed by atoms with van der Waals surface area (Å²) < 4.78 is 12.6. The molecular weight excluding hydrogens is 418 g/mol. The standard InChI is InChI=1S/C22H17N3O3S2/c1-13-24-25-22(30-13)29-12-17-16-7-3-5-9-19(16)28-20(17)21(26)23-11-15-10-14-6-2-4-8-18(14)27-15/h2-10H,11-12H2,1H3,(H,23,26). The fraction of sp³-hybridized carbons (Fsp3) is 0.136. The van der Waals surface area contributed by atoms with E-state index in [1.807, 2.05) is 61.5 Å². The van der Waals surface area contributed by atoms with Crippen LogP contribution in [0.1, 0.15) is 26.9 Å². The van der Waals surface area contributed by atoms with Gasteiger partial charge in [-0.3, -0.25) is 4.79 Å². The summed E-state index contributed by atoms with van der Waals surface area (Å²) in [6.07, 6.45) is 0. The maximum atomic E-state index is 13.0. The van der Waals surface area contributed by atoms with Crippen molar-refractivity contribution in [2.24, 2.45) is 0 Å². The zero-order valence-corrected chi connectivity index (χ0v) is 17.7. The van der Waals surface area contributed by atoms with Crippen molar-refractivity contribution >= 4 is 50.9 Å².